The highest BCUT2D eigenvalue weighted by atomic mass is 32.2. The van der Waals surface area contributed by atoms with Gasteiger partial charge in [-0.3, -0.25) is 4.79 Å². The van der Waals surface area contributed by atoms with Gasteiger partial charge in [-0.05, 0) is 11.5 Å². The van der Waals surface area contributed by atoms with E-state index in [-0.39, 0.29) is 18.0 Å². The number of rotatable bonds is 7. The van der Waals surface area contributed by atoms with E-state index in [1.165, 1.54) is 23.3 Å². The van der Waals surface area contributed by atoms with Crippen LogP contribution < -0.4 is 11.1 Å². The normalized spacial score (nSPS) is 12.9. The number of nitrogens with one attached hydrogen (secondary N) is 1. The number of hydrogen-bond acceptors (Lipinski definition) is 6. The molecule has 0 fully saturated rings. The number of hydrogen-bond donors (Lipinski definition) is 2. The Labute approximate surface area is 110 Å². The van der Waals surface area contributed by atoms with Crippen LogP contribution in [-0.4, -0.2) is 33.1 Å². The summed E-state index contributed by atoms with van der Waals surface area (Å²) in [6, 6.07) is -0.0947. The minimum atomic E-state index is -0.327. The van der Waals surface area contributed by atoms with Crippen LogP contribution >= 0.6 is 23.3 Å². The van der Waals surface area contributed by atoms with Gasteiger partial charge in [0.25, 0.3) is 0 Å². The van der Waals surface area contributed by atoms with Gasteiger partial charge in [0, 0.05) is 18.2 Å². The van der Waals surface area contributed by atoms with E-state index < -0.39 is 0 Å². The lowest BCUT2D eigenvalue weighted by atomic mass is 10.3. The number of aromatic nitrogens is 2. The number of primary amides is 1. The third-order valence-electron chi connectivity index (χ3n) is 2.02. The zero-order valence-electron chi connectivity index (χ0n) is 10.3. The van der Waals surface area contributed by atoms with Crippen molar-refractivity contribution in [2.45, 2.75) is 43.6 Å². The van der Waals surface area contributed by atoms with E-state index >= 15 is 0 Å². The molecule has 96 valence electrons. The number of carbonyl (C=O) groups is 1. The average Bonchev–Trinajstić information content (AvgIpc) is 2.71. The summed E-state index contributed by atoms with van der Waals surface area (Å²) in [4.78, 5) is 15.6. The van der Waals surface area contributed by atoms with Gasteiger partial charge in [0.2, 0.25) is 5.91 Å². The van der Waals surface area contributed by atoms with Crippen molar-refractivity contribution in [1.29, 1.82) is 0 Å². The van der Waals surface area contributed by atoms with Crippen LogP contribution in [0.2, 0.25) is 0 Å². The van der Waals surface area contributed by atoms with Gasteiger partial charge in [0.05, 0.1) is 6.04 Å². The van der Waals surface area contributed by atoms with Crippen molar-refractivity contribution < 1.29 is 4.79 Å². The van der Waals surface area contributed by atoms with E-state index in [4.69, 9.17) is 5.73 Å². The maximum absolute atomic E-state index is 11.2. The predicted octanol–water partition coefficient (Wildman–Crippen LogP) is 1.04. The molecule has 0 spiro atoms. The van der Waals surface area contributed by atoms with Crippen molar-refractivity contribution in [1.82, 2.24) is 14.7 Å². The predicted molar refractivity (Wildman–Crippen MR) is 71.3 cm³/mol. The summed E-state index contributed by atoms with van der Waals surface area (Å²) in [7, 11) is 0. The number of nitrogens with two attached hydrogens (primary N) is 1. The van der Waals surface area contributed by atoms with Gasteiger partial charge < -0.3 is 11.1 Å². The van der Waals surface area contributed by atoms with E-state index in [1.54, 1.807) is 0 Å². The van der Waals surface area contributed by atoms with Crippen molar-refractivity contribution in [2.75, 3.05) is 5.75 Å². The topological polar surface area (TPSA) is 80.9 Å². The highest BCUT2D eigenvalue weighted by Crippen LogP contribution is 2.21. The van der Waals surface area contributed by atoms with Crippen LogP contribution in [0, 0.1) is 0 Å². The molecule has 0 radical (unpaired) electrons. The molecule has 7 heteroatoms. The fourth-order valence-electron chi connectivity index (χ4n) is 1.21. The first-order valence-corrected chi connectivity index (χ1v) is 7.29. The fourth-order valence-corrected chi connectivity index (χ4v) is 2.98. The summed E-state index contributed by atoms with van der Waals surface area (Å²) in [5.74, 6) is 1.11. The molecule has 1 amide bonds. The number of nitrogens with zero attached hydrogens (tertiary/aromatic N) is 2. The van der Waals surface area contributed by atoms with Gasteiger partial charge in [-0.15, -0.1) is 0 Å². The second kappa shape index (κ2) is 6.93. The molecule has 1 aromatic rings. The Morgan fingerprint density at radius 3 is 2.76 bits per heavy atom. The Bertz CT molecular complexity index is 367. The lowest BCUT2D eigenvalue weighted by molar-refractivity contribution is -0.119. The first kappa shape index (κ1) is 14.4. The molecule has 0 saturated carbocycles. The quantitative estimate of drug-likeness (QED) is 0.726. The average molecular weight is 274 g/mol. The lowest BCUT2D eigenvalue weighted by Gasteiger charge is -2.16. The first-order valence-electron chi connectivity index (χ1n) is 5.53. The van der Waals surface area contributed by atoms with Gasteiger partial charge in [-0.1, -0.05) is 32.5 Å². The second-order valence-electron chi connectivity index (χ2n) is 3.92. The Kier molecular flexibility index (Phi) is 5.87. The molecular formula is C10H18N4OS2. The van der Waals surface area contributed by atoms with E-state index in [9.17, 15) is 4.79 Å². The number of aryl methyl sites for hydroxylation is 1. The molecular weight excluding hydrogens is 256 g/mol. The summed E-state index contributed by atoms with van der Waals surface area (Å²) < 4.78 is 5.08. The third kappa shape index (κ3) is 5.01. The standard InChI is InChI=1S/C10H18N4OS2/c1-4-8-13-10(17-14-8)16-5-7(9(11)15)12-6(2)3/h6-7,12H,4-5H2,1-3H3,(H2,11,15). The summed E-state index contributed by atoms with van der Waals surface area (Å²) in [5.41, 5.74) is 5.33. The van der Waals surface area contributed by atoms with Crippen LogP contribution in [0.15, 0.2) is 4.34 Å². The Morgan fingerprint density at radius 2 is 2.29 bits per heavy atom. The van der Waals surface area contributed by atoms with Gasteiger partial charge >= 0.3 is 0 Å². The largest absolute Gasteiger partial charge is 0.368 e. The smallest absolute Gasteiger partial charge is 0.235 e. The maximum Gasteiger partial charge on any atom is 0.235 e. The molecule has 5 nitrogen and oxygen atoms in total. The number of thioether (sulfide) groups is 1. The second-order valence-corrected chi connectivity index (χ2v) is 5.94. The van der Waals surface area contributed by atoms with Crippen molar-refractivity contribution in [3.05, 3.63) is 5.82 Å². The summed E-state index contributed by atoms with van der Waals surface area (Å²) in [5, 5.41) is 3.13. The van der Waals surface area contributed by atoms with Crippen molar-refractivity contribution in [3.63, 3.8) is 0 Å². The molecule has 1 aromatic heterocycles. The molecule has 0 bridgehead atoms. The molecule has 0 aromatic carbocycles. The van der Waals surface area contributed by atoms with Crippen LogP contribution in [0.4, 0.5) is 0 Å². The van der Waals surface area contributed by atoms with Gasteiger partial charge in [0.1, 0.15) is 5.82 Å². The molecule has 0 saturated heterocycles. The molecule has 0 aliphatic heterocycles. The van der Waals surface area contributed by atoms with Crippen LogP contribution in [0.1, 0.15) is 26.6 Å². The number of amides is 1. The molecule has 1 unspecified atom stereocenters. The third-order valence-corrected chi connectivity index (χ3v) is 3.98. The highest BCUT2D eigenvalue weighted by molar-refractivity contribution is 8.01. The van der Waals surface area contributed by atoms with Gasteiger partial charge in [0.15, 0.2) is 4.34 Å². The van der Waals surface area contributed by atoms with Crippen LogP contribution in [0.25, 0.3) is 0 Å². The van der Waals surface area contributed by atoms with E-state index in [0.29, 0.717) is 5.75 Å². The molecule has 1 atom stereocenters. The van der Waals surface area contributed by atoms with E-state index in [1.807, 2.05) is 20.8 Å². The Morgan fingerprint density at radius 1 is 1.59 bits per heavy atom. The van der Waals surface area contributed by atoms with Crippen LogP contribution in [-0.2, 0) is 11.2 Å². The van der Waals surface area contributed by atoms with E-state index in [2.05, 4.69) is 14.7 Å². The fraction of sp³-hybridized carbons (Fsp3) is 0.700. The zero-order valence-corrected chi connectivity index (χ0v) is 11.9. The van der Waals surface area contributed by atoms with Crippen LogP contribution in [0.3, 0.4) is 0 Å². The SMILES string of the molecule is CCc1nsc(SCC(NC(C)C)C(N)=O)n1. The first-order chi connectivity index (χ1) is 8.02. The lowest BCUT2D eigenvalue weighted by Crippen LogP contribution is -2.46. The number of carbonyl (C=O) groups excluding carboxylic acids is 1. The van der Waals surface area contributed by atoms with Crippen LogP contribution in [0.5, 0.6) is 0 Å². The minimum Gasteiger partial charge on any atom is -0.368 e. The molecule has 17 heavy (non-hydrogen) atoms. The van der Waals surface area contributed by atoms with E-state index in [0.717, 1.165) is 16.6 Å². The maximum atomic E-state index is 11.2. The highest BCUT2D eigenvalue weighted by Gasteiger charge is 2.17. The van der Waals surface area contributed by atoms with Crippen molar-refractivity contribution >= 4 is 29.2 Å². The Hall–Kier alpha value is -0.660. The summed E-state index contributed by atoms with van der Waals surface area (Å²) in [6.07, 6.45) is 0.834. The minimum absolute atomic E-state index is 0.230. The molecule has 0 aliphatic carbocycles. The molecule has 1 rings (SSSR count). The monoisotopic (exact) mass is 274 g/mol. The van der Waals surface area contributed by atoms with Crippen molar-refractivity contribution in [2.24, 2.45) is 5.73 Å². The zero-order chi connectivity index (χ0) is 12.8. The molecule has 3 N–H and O–H groups in total. The summed E-state index contributed by atoms with van der Waals surface area (Å²) >= 11 is 2.89. The Balaban J connectivity index is 2.48. The van der Waals surface area contributed by atoms with Crippen molar-refractivity contribution in [3.8, 4) is 0 Å². The van der Waals surface area contributed by atoms with Gasteiger partial charge in [-0.25, -0.2) is 4.98 Å². The molecule has 1 heterocycles. The molecule has 0 aliphatic rings. The van der Waals surface area contributed by atoms with Gasteiger partial charge in [-0.2, -0.15) is 4.37 Å². The summed E-state index contributed by atoms with van der Waals surface area (Å²) in [6.45, 7) is 5.99.